The molecule has 2 aromatic rings. The van der Waals surface area contributed by atoms with Gasteiger partial charge in [-0.25, -0.2) is 0 Å². The van der Waals surface area contributed by atoms with Crippen molar-refractivity contribution >= 4 is 35.2 Å². The van der Waals surface area contributed by atoms with E-state index in [-0.39, 0.29) is 18.9 Å². The van der Waals surface area contributed by atoms with Gasteiger partial charge in [-0.2, -0.15) is 0 Å². The maximum Gasteiger partial charge on any atom is 0.310 e. The summed E-state index contributed by atoms with van der Waals surface area (Å²) in [6.07, 6.45) is 0.115. The van der Waals surface area contributed by atoms with Crippen LogP contribution in [-0.2, 0) is 20.7 Å². The van der Waals surface area contributed by atoms with E-state index in [0.717, 1.165) is 16.2 Å². The van der Waals surface area contributed by atoms with Crippen LogP contribution < -0.4 is 10.1 Å². The van der Waals surface area contributed by atoms with Crippen molar-refractivity contribution in [3.63, 3.8) is 0 Å². The summed E-state index contributed by atoms with van der Waals surface area (Å²) in [5.41, 5.74) is 0.801. The number of halogens is 1. The summed E-state index contributed by atoms with van der Waals surface area (Å²) in [7, 11) is 1.58. The van der Waals surface area contributed by atoms with Crippen molar-refractivity contribution < 1.29 is 19.1 Å². The van der Waals surface area contributed by atoms with E-state index in [0.29, 0.717) is 17.3 Å². The normalized spacial score (nSPS) is 10.2. The number of amides is 1. The minimum atomic E-state index is -0.444. The number of esters is 1. The van der Waals surface area contributed by atoms with Crippen LogP contribution in [0, 0.1) is 0 Å². The number of thioether (sulfide) groups is 1. The summed E-state index contributed by atoms with van der Waals surface area (Å²) in [6.45, 7) is 0.211. The third kappa shape index (κ3) is 7.37. The summed E-state index contributed by atoms with van der Waals surface area (Å²) >= 11 is 7.44. The Bertz CT molecular complexity index is 719. The summed E-state index contributed by atoms with van der Waals surface area (Å²) in [5, 5.41) is 3.41. The number of hydrogen-bond donors (Lipinski definition) is 1. The lowest BCUT2D eigenvalue weighted by atomic mass is 10.1. The number of ether oxygens (including phenoxy) is 2. The van der Waals surface area contributed by atoms with Gasteiger partial charge in [0.1, 0.15) is 5.75 Å². The average molecular weight is 394 g/mol. The lowest BCUT2D eigenvalue weighted by Crippen LogP contribution is -2.30. The van der Waals surface area contributed by atoms with Crippen molar-refractivity contribution in [1.82, 2.24) is 5.32 Å². The number of methoxy groups -OCH3 is 1. The molecule has 1 N–H and O–H groups in total. The fraction of sp³-hybridized carbons (Fsp3) is 0.263. The summed E-state index contributed by atoms with van der Waals surface area (Å²) < 4.78 is 10.0. The molecule has 1 amide bonds. The zero-order valence-electron chi connectivity index (χ0n) is 14.4. The number of nitrogens with one attached hydrogen (secondary N) is 1. The van der Waals surface area contributed by atoms with Crippen LogP contribution in [0.2, 0.25) is 5.02 Å². The van der Waals surface area contributed by atoms with Crippen molar-refractivity contribution in [2.45, 2.75) is 11.3 Å². The molecule has 0 aliphatic rings. The largest absolute Gasteiger partial charge is 0.497 e. The van der Waals surface area contributed by atoms with E-state index < -0.39 is 5.97 Å². The molecule has 0 saturated heterocycles. The van der Waals surface area contributed by atoms with Crippen LogP contribution in [-0.4, -0.2) is 37.9 Å². The van der Waals surface area contributed by atoms with Crippen LogP contribution in [0.4, 0.5) is 0 Å². The smallest absolute Gasteiger partial charge is 0.310 e. The average Bonchev–Trinajstić information content (AvgIpc) is 2.65. The summed E-state index contributed by atoms with van der Waals surface area (Å²) in [5.74, 6) is 0.677. The molecule has 2 rings (SSSR count). The van der Waals surface area contributed by atoms with Crippen molar-refractivity contribution in [1.29, 1.82) is 0 Å². The highest BCUT2D eigenvalue weighted by Gasteiger charge is 2.08. The van der Waals surface area contributed by atoms with Crippen LogP contribution in [0.5, 0.6) is 5.75 Å². The van der Waals surface area contributed by atoms with Gasteiger partial charge in [0, 0.05) is 22.2 Å². The molecule has 0 heterocycles. The van der Waals surface area contributed by atoms with Gasteiger partial charge < -0.3 is 14.8 Å². The predicted molar refractivity (Wildman–Crippen MR) is 103 cm³/mol. The second-order valence-electron chi connectivity index (χ2n) is 5.34. The van der Waals surface area contributed by atoms with E-state index in [9.17, 15) is 9.59 Å². The standard InChI is InChI=1S/C19H20ClNO4S/c1-24-16-6-2-14(3-7-16)12-19(23)25-13-18(22)21-10-11-26-17-8-4-15(20)5-9-17/h2-9H,10-13H2,1H3,(H,21,22). The highest BCUT2D eigenvalue weighted by atomic mass is 35.5. The molecular weight excluding hydrogens is 374 g/mol. The van der Waals surface area contributed by atoms with Crippen molar-refractivity contribution in [3.8, 4) is 5.75 Å². The van der Waals surface area contributed by atoms with Gasteiger partial charge in [0.2, 0.25) is 0 Å². The minimum absolute atomic E-state index is 0.115. The Kier molecular flexibility index (Phi) is 8.31. The third-order valence-electron chi connectivity index (χ3n) is 3.38. The summed E-state index contributed by atoms with van der Waals surface area (Å²) in [6, 6.07) is 14.6. The number of carbonyl (C=O) groups excluding carboxylic acids is 2. The van der Waals surface area contributed by atoms with E-state index in [4.69, 9.17) is 21.1 Å². The van der Waals surface area contributed by atoms with Crippen LogP contribution in [0.1, 0.15) is 5.56 Å². The molecule has 0 atom stereocenters. The highest BCUT2D eigenvalue weighted by molar-refractivity contribution is 7.99. The monoisotopic (exact) mass is 393 g/mol. The van der Waals surface area contributed by atoms with E-state index >= 15 is 0 Å². The van der Waals surface area contributed by atoms with E-state index in [1.165, 1.54) is 0 Å². The fourth-order valence-corrected chi connectivity index (χ4v) is 2.94. The molecule has 138 valence electrons. The zero-order chi connectivity index (χ0) is 18.8. The third-order valence-corrected chi connectivity index (χ3v) is 4.64. The molecule has 0 saturated carbocycles. The topological polar surface area (TPSA) is 64.6 Å². The lowest BCUT2D eigenvalue weighted by Gasteiger charge is -2.07. The van der Waals surface area contributed by atoms with Crippen LogP contribution in [0.3, 0.4) is 0 Å². The molecule has 0 aromatic heterocycles. The molecule has 0 unspecified atom stereocenters. The molecule has 0 aliphatic carbocycles. The molecule has 0 spiro atoms. The maximum absolute atomic E-state index is 11.8. The minimum Gasteiger partial charge on any atom is -0.497 e. The molecule has 0 radical (unpaired) electrons. The number of carbonyl (C=O) groups is 2. The molecule has 0 bridgehead atoms. The van der Waals surface area contributed by atoms with Crippen LogP contribution in [0.15, 0.2) is 53.4 Å². The van der Waals surface area contributed by atoms with Crippen LogP contribution >= 0.6 is 23.4 Å². The molecule has 26 heavy (non-hydrogen) atoms. The number of rotatable bonds is 9. The fourth-order valence-electron chi connectivity index (χ4n) is 2.05. The first kappa shape index (κ1) is 20.1. The van der Waals surface area contributed by atoms with E-state index in [2.05, 4.69) is 5.32 Å². The van der Waals surface area contributed by atoms with Gasteiger partial charge in [0.05, 0.1) is 13.5 Å². The second kappa shape index (κ2) is 10.7. The second-order valence-corrected chi connectivity index (χ2v) is 6.94. The SMILES string of the molecule is COc1ccc(CC(=O)OCC(=O)NCCSc2ccc(Cl)cc2)cc1. The van der Waals surface area contributed by atoms with Crippen molar-refractivity contribution in [2.24, 2.45) is 0 Å². The Morgan fingerprint density at radius 1 is 1.08 bits per heavy atom. The molecular formula is C19H20ClNO4S. The Balaban J connectivity index is 1.60. The number of benzene rings is 2. The lowest BCUT2D eigenvalue weighted by molar-refractivity contribution is -0.147. The quantitative estimate of drug-likeness (QED) is 0.402. The molecule has 0 aliphatic heterocycles. The predicted octanol–water partition coefficient (Wildman–Crippen LogP) is 3.34. The molecule has 5 nitrogen and oxygen atoms in total. The van der Waals surface area contributed by atoms with E-state index in [1.807, 2.05) is 24.3 Å². The van der Waals surface area contributed by atoms with Gasteiger partial charge in [-0.1, -0.05) is 23.7 Å². The zero-order valence-corrected chi connectivity index (χ0v) is 15.9. The van der Waals surface area contributed by atoms with Crippen molar-refractivity contribution in [2.75, 3.05) is 26.0 Å². The molecule has 7 heteroatoms. The Hall–Kier alpha value is -2.18. The maximum atomic E-state index is 11.8. The van der Waals surface area contributed by atoms with E-state index in [1.54, 1.807) is 43.1 Å². The van der Waals surface area contributed by atoms with Gasteiger partial charge in [-0.05, 0) is 42.0 Å². The van der Waals surface area contributed by atoms with Gasteiger partial charge >= 0.3 is 5.97 Å². The number of hydrogen-bond acceptors (Lipinski definition) is 5. The van der Waals surface area contributed by atoms with Gasteiger partial charge in [-0.15, -0.1) is 11.8 Å². The van der Waals surface area contributed by atoms with Crippen LogP contribution in [0.25, 0.3) is 0 Å². The van der Waals surface area contributed by atoms with Gasteiger partial charge in [0.15, 0.2) is 6.61 Å². The first-order valence-electron chi connectivity index (χ1n) is 8.00. The van der Waals surface area contributed by atoms with Gasteiger partial charge in [0.25, 0.3) is 5.91 Å². The molecule has 2 aromatic carbocycles. The summed E-state index contributed by atoms with van der Waals surface area (Å²) in [4.78, 5) is 24.6. The first-order chi connectivity index (χ1) is 12.6. The molecule has 0 fully saturated rings. The first-order valence-corrected chi connectivity index (χ1v) is 9.37. The van der Waals surface area contributed by atoms with Crippen molar-refractivity contribution in [3.05, 3.63) is 59.1 Å². The Morgan fingerprint density at radius 2 is 1.77 bits per heavy atom. The highest BCUT2D eigenvalue weighted by Crippen LogP contribution is 2.19. The van der Waals surface area contributed by atoms with Gasteiger partial charge in [-0.3, -0.25) is 9.59 Å². The Morgan fingerprint density at radius 3 is 2.42 bits per heavy atom. The Labute approximate surface area is 162 Å².